The minimum Gasteiger partial charge on any atom is -0.395 e. The van der Waals surface area contributed by atoms with Gasteiger partial charge in [-0.25, -0.2) is 9.97 Å². The molecule has 20 heavy (non-hydrogen) atoms. The molecule has 0 unspecified atom stereocenters. The molecule has 2 heterocycles. The number of aliphatic hydroxyl groups excluding tert-OH is 1. The molecule has 0 saturated heterocycles. The number of hydrogen-bond acceptors (Lipinski definition) is 5. The molecule has 102 valence electrons. The molecular formula is C15H15N3OS. The highest BCUT2D eigenvalue weighted by Crippen LogP contribution is 2.28. The summed E-state index contributed by atoms with van der Waals surface area (Å²) in [6.07, 6.45) is 1.58. The lowest BCUT2D eigenvalue weighted by Crippen LogP contribution is -2.27. The molecular weight excluding hydrogens is 270 g/mol. The van der Waals surface area contributed by atoms with Crippen LogP contribution in [0.15, 0.2) is 48.1 Å². The number of benzene rings is 1. The molecule has 0 amide bonds. The van der Waals surface area contributed by atoms with Crippen LogP contribution in [0.3, 0.4) is 0 Å². The van der Waals surface area contributed by atoms with E-state index >= 15 is 0 Å². The van der Waals surface area contributed by atoms with E-state index in [1.807, 2.05) is 29.6 Å². The van der Waals surface area contributed by atoms with Crippen molar-refractivity contribution >= 4 is 27.4 Å². The molecule has 3 rings (SSSR count). The molecule has 0 atom stereocenters. The number of hydrogen-bond donors (Lipinski definition) is 1. The first kappa shape index (κ1) is 13.0. The third-order valence-corrected chi connectivity index (χ3v) is 4.01. The fourth-order valence-electron chi connectivity index (χ4n) is 2.19. The zero-order valence-corrected chi connectivity index (χ0v) is 11.8. The minimum absolute atomic E-state index is 0.101. The number of thiophene rings is 1. The Kier molecular flexibility index (Phi) is 3.90. The van der Waals surface area contributed by atoms with Gasteiger partial charge < -0.3 is 10.0 Å². The summed E-state index contributed by atoms with van der Waals surface area (Å²) >= 11 is 1.63. The molecule has 3 aromatic rings. The molecule has 0 aliphatic carbocycles. The van der Waals surface area contributed by atoms with Crippen molar-refractivity contribution < 1.29 is 5.11 Å². The lowest BCUT2D eigenvalue weighted by atomic mass is 10.2. The fourth-order valence-corrected chi connectivity index (χ4v) is 3.05. The van der Waals surface area contributed by atoms with Crippen LogP contribution in [0.5, 0.6) is 0 Å². The van der Waals surface area contributed by atoms with Gasteiger partial charge in [0, 0.05) is 13.1 Å². The van der Waals surface area contributed by atoms with Gasteiger partial charge in [0.2, 0.25) is 0 Å². The van der Waals surface area contributed by atoms with Crippen LogP contribution in [0, 0.1) is 0 Å². The van der Waals surface area contributed by atoms with E-state index in [4.69, 9.17) is 0 Å². The summed E-state index contributed by atoms with van der Waals surface area (Å²) in [7, 11) is 0. The van der Waals surface area contributed by atoms with Crippen molar-refractivity contribution in [3.8, 4) is 0 Å². The highest BCUT2D eigenvalue weighted by molar-refractivity contribution is 7.17. The van der Waals surface area contributed by atoms with Crippen LogP contribution in [-0.2, 0) is 6.54 Å². The van der Waals surface area contributed by atoms with Gasteiger partial charge in [0.15, 0.2) is 0 Å². The van der Waals surface area contributed by atoms with Gasteiger partial charge in [-0.1, -0.05) is 30.3 Å². The van der Waals surface area contributed by atoms with Gasteiger partial charge in [0.25, 0.3) is 0 Å². The molecule has 5 heteroatoms. The predicted octanol–water partition coefficient (Wildman–Crippen LogP) is 2.69. The Hall–Kier alpha value is -1.98. The van der Waals surface area contributed by atoms with Crippen molar-refractivity contribution in [3.63, 3.8) is 0 Å². The summed E-state index contributed by atoms with van der Waals surface area (Å²) in [6, 6.07) is 12.2. The van der Waals surface area contributed by atoms with Crippen LogP contribution in [0.1, 0.15) is 5.56 Å². The second-order valence-corrected chi connectivity index (χ2v) is 5.38. The Morgan fingerprint density at radius 2 is 1.95 bits per heavy atom. The molecule has 0 spiro atoms. The summed E-state index contributed by atoms with van der Waals surface area (Å²) in [4.78, 5) is 10.8. The van der Waals surface area contributed by atoms with Gasteiger partial charge in [-0.05, 0) is 17.0 Å². The largest absolute Gasteiger partial charge is 0.395 e. The maximum absolute atomic E-state index is 9.32. The summed E-state index contributed by atoms with van der Waals surface area (Å²) in [5, 5.41) is 11.3. The highest BCUT2D eigenvalue weighted by Gasteiger charge is 2.13. The van der Waals surface area contributed by atoms with E-state index < -0.39 is 0 Å². The van der Waals surface area contributed by atoms with Crippen molar-refractivity contribution in [1.29, 1.82) is 0 Å². The molecule has 2 aromatic heterocycles. The van der Waals surface area contributed by atoms with Crippen molar-refractivity contribution in [2.24, 2.45) is 0 Å². The summed E-state index contributed by atoms with van der Waals surface area (Å²) < 4.78 is 1.07. The third-order valence-electron chi connectivity index (χ3n) is 3.11. The second kappa shape index (κ2) is 5.98. The van der Waals surface area contributed by atoms with E-state index in [-0.39, 0.29) is 6.61 Å². The number of fused-ring (bicyclic) bond motifs is 1. The zero-order valence-electron chi connectivity index (χ0n) is 10.9. The number of aromatic nitrogens is 2. The monoisotopic (exact) mass is 285 g/mol. The Bertz CT molecular complexity index is 684. The Balaban J connectivity index is 1.96. The quantitative estimate of drug-likeness (QED) is 0.783. The normalized spacial score (nSPS) is 10.8. The SMILES string of the molecule is OCCN(Cc1ccccc1)c1ncnc2ccsc12. The number of rotatable bonds is 5. The highest BCUT2D eigenvalue weighted by atomic mass is 32.1. The van der Waals surface area contributed by atoms with E-state index in [0.717, 1.165) is 22.6 Å². The fraction of sp³-hybridized carbons (Fsp3) is 0.200. The Morgan fingerprint density at radius 3 is 2.75 bits per heavy atom. The maximum Gasteiger partial charge on any atom is 0.150 e. The summed E-state index contributed by atoms with van der Waals surface area (Å²) in [5.41, 5.74) is 2.15. The average Bonchev–Trinajstić information content (AvgIpc) is 2.96. The molecule has 1 aromatic carbocycles. The third kappa shape index (κ3) is 2.64. The first-order valence-corrected chi connectivity index (χ1v) is 7.34. The van der Waals surface area contributed by atoms with Gasteiger partial charge in [-0.2, -0.15) is 0 Å². The summed E-state index contributed by atoms with van der Waals surface area (Å²) in [6.45, 7) is 1.38. The van der Waals surface area contributed by atoms with Crippen LogP contribution in [0.2, 0.25) is 0 Å². The molecule has 4 nitrogen and oxygen atoms in total. The van der Waals surface area contributed by atoms with Crippen LogP contribution in [0.25, 0.3) is 10.2 Å². The van der Waals surface area contributed by atoms with Crippen molar-refractivity contribution in [2.75, 3.05) is 18.1 Å². The first-order chi connectivity index (χ1) is 9.88. The van der Waals surface area contributed by atoms with Crippen molar-refractivity contribution in [2.45, 2.75) is 6.54 Å². The Labute approximate surface area is 121 Å². The molecule has 0 fully saturated rings. The second-order valence-electron chi connectivity index (χ2n) is 4.46. The van der Waals surface area contributed by atoms with Crippen molar-refractivity contribution in [1.82, 2.24) is 9.97 Å². The molecule has 0 radical (unpaired) electrons. The van der Waals surface area contributed by atoms with Gasteiger partial charge >= 0.3 is 0 Å². The molecule has 0 saturated carbocycles. The van der Waals surface area contributed by atoms with Crippen molar-refractivity contribution in [3.05, 3.63) is 53.7 Å². The molecule has 1 N–H and O–H groups in total. The molecule has 0 aliphatic heterocycles. The number of aliphatic hydroxyl groups is 1. The average molecular weight is 285 g/mol. The van der Waals surface area contributed by atoms with Crippen LogP contribution < -0.4 is 4.90 Å². The van der Waals surface area contributed by atoms with E-state index in [1.54, 1.807) is 17.7 Å². The summed E-state index contributed by atoms with van der Waals surface area (Å²) in [5.74, 6) is 0.892. The van der Waals surface area contributed by atoms with E-state index in [2.05, 4.69) is 27.0 Å². The first-order valence-electron chi connectivity index (χ1n) is 6.46. The maximum atomic E-state index is 9.32. The topological polar surface area (TPSA) is 49.2 Å². The van der Waals surface area contributed by atoms with E-state index in [0.29, 0.717) is 6.54 Å². The predicted molar refractivity (Wildman–Crippen MR) is 82.0 cm³/mol. The van der Waals surface area contributed by atoms with Gasteiger partial charge in [-0.15, -0.1) is 11.3 Å². The van der Waals surface area contributed by atoms with E-state index in [1.165, 1.54) is 5.56 Å². The van der Waals surface area contributed by atoms with Crippen LogP contribution in [0.4, 0.5) is 5.82 Å². The van der Waals surface area contributed by atoms with E-state index in [9.17, 15) is 5.11 Å². The van der Waals surface area contributed by atoms with Gasteiger partial charge in [0.1, 0.15) is 12.1 Å². The van der Waals surface area contributed by atoms with Crippen LogP contribution >= 0.6 is 11.3 Å². The zero-order chi connectivity index (χ0) is 13.8. The van der Waals surface area contributed by atoms with Gasteiger partial charge in [0.05, 0.1) is 16.8 Å². The Morgan fingerprint density at radius 1 is 1.10 bits per heavy atom. The van der Waals surface area contributed by atoms with Gasteiger partial charge in [-0.3, -0.25) is 0 Å². The molecule has 0 bridgehead atoms. The smallest absolute Gasteiger partial charge is 0.150 e. The lowest BCUT2D eigenvalue weighted by molar-refractivity contribution is 0.301. The number of anilines is 1. The standard InChI is InChI=1S/C15H15N3OS/c19-8-7-18(10-12-4-2-1-3-5-12)15-14-13(6-9-20-14)16-11-17-15/h1-6,9,11,19H,7-8,10H2. The number of nitrogens with zero attached hydrogens (tertiary/aromatic N) is 3. The van der Waals surface area contributed by atoms with Crippen LogP contribution in [-0.4, -0.2) is 28.2 Å². The lowest BCUT2D eigenvalue weighted by Gasteiger charge is -2.23. The minimum atomic E-state index is 0.101. The molecule has 0 aliphatic rings.